The van der Waals surface area contributed by atoms with Gasteiger partial charge in [0.25, 0.3) is 0 Å². The first-order valence-corrected chi connectivity index (χ1v) is 22.5. The summed E-state index contributed by atoms with van der Waals surface area (Å²) in [5.74, 6) is 0. The number of aromatic nitrogens is 1. The second-order valence-corrected chi connectivity index (χ2v) is 16.5. The molecule has 1 aliphatic heterocycles. The molecule has 10 aromatic rings. The number of benzene rings is 9. The van der Waals surface area contributed by atoms with Crippen LogP contribution in [0, 0.1) is 0 Å². The SMILES string of the molecule is C1=C(c2cccc(-c3ccccc3)c2)NC(c2cccc(-c3ccccc3)c2)N=C1c1ccc(-c2c(-c3ccccc3)c(-c3ccccc3)nc(-c3ccccc3)c2-c2ccccc2)cc1. The smallest absolute Gasteiger partial charge is 0.145 e. The highest BCUT2D eigenvalue weighted by Gasteiger charge is 2.26. The van der Waals surface area contributed by atoms with E-state index < -0.39 is 0 Å². The molecule has 2 heterocycles. The molecule has 0 amide bonds. The molecule has 1 atom stereocenters. The van der Waals surface area contributed by atoms with Gasteiger partial charge in [-0.2, -0.15) is 0 Å². The highest BCUT2D eigenvalue weighted by atomic mass is 15.1. The summed E-state index contributed by atoms with van der Waals surface area (Å²) in [5.41, 5.74) is 20.4. The van der Waals surface area contributed by atoms with E-state index in [9.17, 15) is 0 Å². The van der Waals surface area contributed by atoms with E-state index in [4.69, 9.17) is 9.98 Å². The monoisotopic (exact) mass is 843 g/mol. The maximum absolute atomic E-state index is 5.63. The number of nitrogens with one attached hydrogen (secondary N) is 1. The Hall–Kier alpha value is -8.66. The Balaban J connectivity index is 1.10. The van der Waals surface area contributed by atoms with E-state index >= 15 is 0 Å². The Labute approximate surface area is 386 Å². The Morgan fingerprint density at radius 3 is 1.17 bits per heavy atom. The summed E-state index contributed by atoms with van der Waals surface area (Å²) in [6, 6.07) is 90.2. The molecule has 1 aliphatic rings. The molecule has 9 aromatic carbocycles. The van der Waals surface area contributed by atoms with E-state index in [0.29, 0.717) is 0 Å². The molecule has 1 N–H and O–H groups in total. The lowest BCUT2D eigenvalue weighted by Crippen LogP contribution is -2.25. The van der Waals surface area contributed by atoms with Crippen molar-refractivity contribution in [1.82, 2.24) is 10.3 Å². The molecule has 0 spiro atoms. The van der Waals surface area contributed by atoms with Crippen molar-refractivity contribution < 1.29 is 0 Å². The van der Waals surface area contributed by atoms with Crippen LogP contribution in [0.1, 0.15) is 22.9 Å². The van der Waals surface area contributed by atoms with Gasteiger partial charge in [-0.25, -0.2) is 4.98 Å². The first-order chi connectivity index (χ1) is 32.7. The zero-order valence-electron chi connectivity index (χ0n) is 36.3. The number of nitrogens with zero attached hydrogens (tertiary/aromatic N) is 2. The number of hydrogen-bond donors (Lipinski definition) is 1. The van der Waals surface area contributed by atoms with Crippen LogP contribution in [-0.2, 0) is 0 Å². The van der Waals surface area contributed by atoms with Crippen LogP contribution in [0.25, 0.3) is 83.8 Å². The third-order valence-electron chi connectivity index (χ3n) is 12.3. The standard InChI is InChI=1S/C63H45N3/c1-7-21-44(22-8-1)52-33-19-35-54(41-52)57-43-56(64-63(65-57)55-36-20-34-53(42-55)45-23-9-2-10-24-45)46-37-39-49(40-38-46)58-59(47-25-11-3-12-26-47)61(50-29-15-5-16-30-50)66-62(51-31-17-6-18-32-51)60(58)48-27-13-4-14-28-48/h1-43,63,65H. The molecule has 3 heteroatoms. The number of aliphatic imine (C=N–C) groups is 1. The van der Waals surface area contributed by atoms with Crippen LogP contribution < -0.4 is 5.32 Å². The second kappa shape index (κ2) is 18.2. The largest absolute Gasteiger partial charge is 0.360 e. The van der Waals surface area contributed by atoms with Gasteiger partial charge < -0.3 is 5.32 Å². The molecule has 0 aliphatic carbocycles. The van der Waals surface area contributed by atoms with E-state index in [2.05, 4.69) is 266 Å². The first kappa shape index (κ1) is 40.1. The minimum Gasteiger partial charge on any atom is -0.360 e. The summed E-state index contributed by atoms with van der Waals surface area (Å²) in [6.07, 6.45) is 1.88. The maximum Gasteiger partial charge on any atom is 0.145 e. The summed E-state index contributed by atoms with van der Waals surface area (Å²) in [7, 11) is 0. The first-order valence-electron chi connectivity index (χ1n) is 22.5. The highest BCUT2D eigenvalue weighted by Crippen LogP contribution is 2.48. The fourth-order valence-corrected chi connectivity index (χ4v) is 9.10. The van der Waals surface area contributed by atoms with Crippen molar-refractivity contribution in [2.45, 2.75) is 6.17 Å². The Kier molecular flexibility index (Phi) is 11.1. The molecule has 1 unspecified atom stereocenters. The number of hydrogen-bond acceptors (Lipinski definition) is 3. The Morgan fingerprint density at radius 1 is 0.288 bits per heavy atom. The van der Waals surface area contributed by atoms with E-state index in [0.717, 1.165) is 95.1 Å². The quantitative estimate of drug-likeness (QED) is 0.149. The van der Waals surface area contributed by atoms with Crippen LogP contribution >= 0.6 is 0 Å². The molecular weight excluding hydrogens is 799 g/mol. The van der Waals surface area contributed by atoms with Crippen molar-refractivity contribution in [3.63, 3.8) is 0 Å². The third kappa shape index (κ3) is 8.18. The van der Waals surface area contributed by atoms with Gasteiger partial charge in [-0.1, -0.05) is 243 Å². The van der Waals surface area contributed by atoms with E-state index in [-0.39, 0.29) is 6.17 Å². The van der Waals surface area contributed by atoms with Gasteiger partial charge >= 0.3 is 0 Å². The predicted octanol–water partition coefficient (Wildman–Crippen LogP) is 15.9. The van der Waals surface area contributed by atoms with Crippen molar-refractivity contribution in [3.05, 3.63) is 278 Å². The van der Waals surface area contributed by atoms with Crippen LogP contribution in [-0.4, -0.2) is 10.7 Å². The lowest BCUT2D eigenvalue weighted by atomic mass is 9.83. The summed E-state index contributed by atoms with van der Waals surface area (Å²) in [5, 5.41) is 3.84. The number of pyridine rings is 1. The van der Waals surface area contributed by atoms with E-state index in [1.807, 2.05) is 0 Å². The lowest BCUT2D eigenvalue weighted by Gasteiger charge is -2.26. The minimum atomic E-state index is -0.319. The van der Waals surface area contributed by atoms with E-state index in [1.54, 1.807) is 0 Å². The van der Waals surface area contributed by atoms with Gasteiger partial charge in [0.2, 0.25) is 0 Å². The van der Waals surface area contributed by atoms with Gasteiger partial charge in [-0.3, -0.25) is 4.99 Å². The van der Waals surface area contributed by atoms with Crippen LogP contribution in [0.4, 0.5) is 0 Å². The highest BCUT2D eigenvalue weighted by molar-refractivity contribution is 6.13. The summed E-state index contributed by atoms with van der Waals surface area (Å²) >= 11 is 0. The molecule has 0 saturated heterocycles. The average Bonchev–Trinajstić information content (AvgIpc) is 3.42. The van der Waals surface area contributed by atoms with Crippen molar-refractivity contribution in [2.24, 2.45) is 4.99 Å². The summed E-state index contributed by atoms with van der Waals surface area (Å²) in [4.78, 5) is 11.1. The van der Waals surface area contributed by atoms with Gasteiger partial charge in [0.15, 0.2) is 0 Å². The molecule has 0 bridgehead atoms. The Bertz CT molecular complexity index is 3230. The third-order valence-corrected chi connectivity index (χ3v) is 12.3. The molecule has 312 valence electrons. The molecule has 1 aromatic heterocycles. The summed E-state index contributed by atoms with van der Waals surface area (Å²) in [6.45, 7) is 0. The van der Waals surface area contributed by atoms with Crippen molar-refractivity contribution in [3.8, 4) is 78.1 Å². The van der Waals surface area contributed by atoms with Gasteiger partial charge in [-0.15, -0.1) is 0 Å². The van der Waals surface area contributed by atoms with Gasteiger partial charge in [0.05, 0.1) is 17.1 Å². The Morgan fingerprint density at radius 2 is 0.667 bits per heavy atom. The molecule has 0 saturated carbocycles. The van der Waals surface area contributed by atoms with Gasteiger partial charge in [-0.05, 0) is 73.8 Å². The molecule has 0 fully saturated rings. The van der Waals surface area contributed by atoms with Crippen LogP contribution in [0.2, 0.25) is 0 Å². The fourth-order valence-electron chi connectivity index (χ4n) is 9.10. The van der Waals surface area contributed by atoms with Crippen LogP contribution in [0.15, 0.2) is 266 Å². The van der Waals surface area contributed by atoms with Crippen molar-refractivity contribution in [1.29, 1.82) is 0 Å². The van der Waals surface area contributed by atoms with Crippen LogP contribution in [0.3, 0.4) is 0 Å². The average molecular weight is 844 g/mol. The second-order valence-electron chi connectivity index (χ2n) is 16.5. The molecule has 66 heavy (non-hydrogen) atoms. The number of allylic oxidation sites excluding steroid dienone is 1. The number of rotatable bonds is 10. The molecule has 3 nitrogen and oxygen atoms in total. The predicted molar refractivity (Wildman–Crippen MR) is 276 cm³/mol. The van der Waals surface area contributed by atoms with E-state index in [1.165, 1.54) is 11.1 Å². The maximum atomic E-state index is 5.63. The van der Waals surface area contributed by atoms with Crippen molar-refractivity contribution in [2.75, 3.05) is 0 Å². The fraction of sp³-hybridized carbons (Fsp3) is 0.0159. The normalized spacial score (nSPS) is 13.3. The summed E-state index contributed by atoms with van der Waals surface area (Å²) < 4.78 is 0. The molecular formula is C63H45N3. The molecule has 11 rings (SSSR count). The zero-order chi connectivity index (χ0) is 44.1. The van der Waals surface area contributed by atoms with Crippen LogP contribution in [0.5, 0.6) is 0 Å². The molecule has 0 radical (unpaired) electrons. The van der Waals surface area contributed by atoms with Gasteiger partial charge in [0, 0.05) is 33.5 Å². The minimum absolute atomic E-state index is 0.319. The van der Waals surface area contributed by atoms with Gasteiger partial charge in [0.1, 0.15) is 6.17 Å². The van der Waals surface area contributed by atoms with Crippen molar-refractivity contribution >= 4 is 11.4 Å². The zero-order valence-corrected chi connectivity index (χ0v) is 36.3. The lowest BCUT2D eigenvalue weighted by molar-refractivity contribution is 0.664. The topological polar surface area (TPSA) is 37.3 Å².